The van der Waals surface area contributed by atoms with Gasteiger partial charge in [0.2, 0.25) is 5.78 Å². The fraction of sp³-hybridized carbons (Fsp3) is 0.408. The molecular formula is C49H57NO5S. The number of ketones is 1. The minimum Gasteiger partial charge on any atom is -0.393 e. The number of benzene rings is 4. The fourth-order valence-corrected chi connectivity index (χ4v) is 10.2. The van der Waals surface area contributed by atoms with E-state index in [1.807, 2.05) is 55.5 Å². The average Bonchev–Trinajstić information content (AvgIpc) is 3.73. The minimum absolute atomic E-state index is 0.00581. The molecule has 3 aliphatic carbocycles. The highest BCUT2D eigenvalue weighted by Gasteiger charge is 2.57. The zero-order valence-electron chi connectivity index (χ0n) is 33.1. The smallest absolute Gasteiger partial charge is 0.203 e. The molecule has 294 valence electrons. The van der Waals surface area contributed by atoms with E-state index >= 15 is 0 Å². The van der Waals surface area contributed by atoms with Crippen LogP contribution in [0.15, 0.2) is 115 Å². The first kappa shape index (κ1) is 40.3. The molecule has 6 nitrogen and oxygen atoms in total. The number of allylic oxidation sites excluding steroid dienone is 2. The van der Waals surface area contributed by atoms with E-state index in [4.69, 9.17) is 4.74 Å². The Bertz CT molecular complexity index is 2140. The molecule has 1 heterocycles. The van der Waals surface area contributed by atoms with Crippen LogP contribution < -0.4 is 0 Å². The highest BCUT2D eigenvalue weighted by molar-refractivity contribution is 7.14. The summed E-state index contributed by atoms with van der Waals surface area (Å²) in [6.45, 7) is 8.24. The highest BCUT2D eigenvalue weighted by Crippen LogP contribution is 2.59. The molecule has 56 heavy (non-hydrogen) atoms. The van der Waals surface area contributed by atoms with Crippen molar-refractivity contribution in [1.82, 2.24) is 4.90 Å². The number of aryl methyl sites for hydroxylation is 1. The Morgan fingerprint density at radius 2 is 1.73 bits per heavy atom. The van der Waals surface area contributed by atoms with E-state index in [2.05, 4.69) is 79.4 Å². The maximum atomic E-state index is 14.4. The van der Waals surface area contributed by atoms with Crippen molar-refractivity contribution in [2.75, 3.05) is 19.7 Å². The van der Waals surface area contributed by atoms with Gasteiger partial charge in [0.1, 0.15) is 0 Å². The number of aliphatic hydroxyl groups is 3. The SMILES string of the molecule is CC1=CCC[C@@]2(C)[C@@H](CC[C@@]2(O)CN(Cc2cccc3ccccc23)C[C@@H](O)COCc2ccccc2)c2ccc(cc2C(=O)c2ccc(C)s2)C[C@@H](O)CC1. The molecular weight excluding hydrogens is 715 g/mol. The quantitative estimate of drug-likeness (QED) is 0.0865. The van der Waals surface area contributed by atoms with E-state index in [1.54, 1.807) is 0 Å². The van der Waals surface area contributed by atoms with Crippen LogP contribution in [0.4, 0.5) is 0 Å². The molecule has 5 atom stereocenters. The summed E-state index contributed by atoms with van der Waals surface area (Å²) in [7, 11) is 0. The first-order chi connectivity index (χ1) is 27.0. The van der Waals surface area contributed by atoms with Crippen LogP contribution in [0.2, 0.25) is 0 Å². The Hall–Kier alpha value is -3.95. The molecule has 1 saturated carbocycles. The molecule has 0 saturated heterocycles. The number of carbonyl (C=O) groups is 1. The number of hydrogen-bond acceptors (Lipinski definition) is 7. The van der Waals surface area contributed by atoms with Crippen LogP contribution in [0, 0.1) is 12.3 Å². The van der Waals surface area contributed by atoms with Crippen LogP contribution in [-0.4, -0.2) is 63.5 Å². The molecule has 1 fully saturated rings. The van der Waals surface area contributed by atoms with Gasteiger partial charge in [-0.25, -0.2) is 0 Å². The second-order valence-corrected chi connectivity index (χ2v) is 17.9. The van der Waals surface area contributed by atoms with Crippen molar-refractivity contribution in [3.8, 4) is 0 Å². The second-order valence-electron chi connectivity index (χ2n) is 16.6. The van der Waals surface area contributed by atoms with Gasteiger partial charge in [-0.05, 0) is 116 Å². The lowest BCUT2D eigenvalue weighted by molar-refractivity contribution is -0.0922. The van der Waals surface area contributed by atoms with Gasteiger partial charge >= 0.3 is 0 Å². The lowest BCUT2D eigenvalue weighted by Gasteiger charge is -2.46. The molecule has 4 aromatic carbocycles. The van der Waals surface area contributed by atoms with E-state index in [-0.39, 0.29) is 18.3 Å². The molecule has 8 rings (SSSR count). The summed E-state index contributed by atoms with van der Waals surface area (Å²) in [6, 6.07) is 34.9. The van der Waals surface area contributed by atoms with E-state index in [0.717, 1.165) is 63.6 Å². The van der Waals surface area contributed by atoms with Crippen molar-refractivity contribution < 1.29 is 24.9 Å². The van der Waals surface area contributed by atoms with Crippen molar-refractivity contribution in [2.24, 2.45) is 5.41 Å². The normalized spacial score (nSPS) is 23.5. The number of thiophene rings is 1. The predicted molar refractivity (Wildman–Crippen MR) is 227 cm³/mol. The van der Waals surface area contributed by atoms with Crippen LogP contribution in [0.25, 0.3) is 10.8 Å². The molecule has 3 aliphatic rings. The second kappa shape index (κ2) is 17.7. The summed E-state index contributed by atoms with van der Waals surface area (Å²) in [6.07, 6.45) is 5.77. The summed E-state index contributed by atoms with van der Waals surface area (Å²) in [5.41, 5.74) is 4.34. The van der Waals surface area contributed by atoms with E-state index in [1.165, 1.54) is 16.9 Å². The Labute approximate surface area is 336 Å². The Morgan fingerprint density at radius 3 is 2.54 bits per heavy atom. The monoisotopic (exact) mass is 771 g/mol. The molecule has 2 bridgehead atoms. The summed E-state index contributed by atoms with van der Waals surface area (Å²) in [5, 5.41) is 38.1. The standard InChI is InChI=1S/C49H57NO5S/c1-34-11-10-25-48(3)45(43-22-20-37(27-40(51)21-18-34)28-44(43)47(53)46-23-19-35(2)56-46)24-26-49(48,54)33-50(29-39-16-9-15-38-14-7-8-17-42(38)39)30-41(52)32-55-31-36-12-5-4-6-13-36/h4-9,11-17,19-20,22-23,28,40-41,45,51-52,54H,10,18,21,24-27,29-33H2,1-3H3/t40-,41+,45-,48-,49+/m0/s1. The van der Waals surface area contributed by atoms with Gasteiger partial charge in [0.25, 0.3) is 0 Å². The van der Waals surface area contributed by atoms with Gasteiger partial charge in [-0.3, -0.25) is 9.69 Å². The van der Waals surface area contributed by atoms with Crippen molar-refractivity contribution in [3.63, 3.8) is 0 Å². The van der Waals surface area contributed by atoms with Gasteiger partial charge in [0, 0.05) is 35.5 Å². The Balaban J connectivity index is 1.24. The first-order valence-corrected chi connectivity index (χ1v) is 21.1. The third kappa shape index (κ3) is 9.10. The lowest BCUT2D eigenvalue weighted by atomic mass is 9.64. The van der Waals surface area contributed by atoms with Crippen molar-refractivity contribution in [2.45, 2.75) is 103 Å². The van der Waals surface area contributed by atoms with E-state index < -0.39 is 23.2 Å². The molecule has 1 aromatic heterocycles. The number of ether oxygens (including phenoxy) is 1. The Kier molecular flexibility index (Phi) is 12.7. The number of aliphatic hydroxyl groups excluding tert-OH is 2. The minimum atomic E-state index is -1.12. The number of rotatable bonds is 12. The number of carbonyl (C=O) groups excluding carboxylic acids is 1. The summed E-state index contributed by atoms with van der Waals surface area (Å²) >= 11 is 1.51. The molecule has 5 aromatic rings. The van der Waals surface area contributed by atoms with Gasteiger partial charge in [-0.2, -0.15) is 0 Å². The summed E-state index contributed by atoms with van der Waals surface area (Å²) in [5.74, 6) is -0.0760. The van der Waals surface area contributed by atoms with Gasteiger partial charge in [0.15, 0.2) is 0 Å². The van der Waals surface area contributed by atoms with Gasteiger partial charge in [-0.1, -0.05) is 104 Å². The third-order valence-electron chi connectivity index (χ3n) is 12.5. The molecule has 3 N–H and O–H groups in total. The number of nitrogens with zero attached hydrogens (tertiary/aromatic N) is 1. The zero-order chi connectivity index (χ0) is 39.3. The van der Waals surface area contributed by atoms with Crippen LogP contribution in [-0.2, 0) is 24.3 Å². The average molecular weight is 772 g/mol. The third-order valence-corrected chi connectivity index (χ3v) is 13.5. The predicted octanol–water partition coefficient (Wildman–Crippen LogP) is 9.56. The van der Waals surface area contributed by atoms with Crippen LogP contribution in [0.3, 0.4) is 0 Å². The number of fused-ring (bicyclic) bond motifs is 9. The Morgan fingerprint density at radius 1 is 0.946 bits per heavy atom. The van der Waals surface area contributed by atoms with Crippen molar-refractivity contribution >= 4 is 27.9 Å². The van der Waals surface area contributed by atoms with Gasteiger partial charge < -0.3 is 20.1 Å². The molecule has 0 aliphatic heterocycles. The van der Waals surface area contributed by atoms with E-state index in [0.29, 0.717) is 55.9 Å². The first-order valence-electron chi connectivity index (χ1n) is 20.3. The lowest BCUT2D eigenvalue weighted by Crippen LogP contribution is -2.53. The number of hydrogen-bond donors (Lipinski definition) is 3. The van der Waals surface area contributed by atoms with Crippen molar-refractivity contribution in [3.05, 3.63) is 152 Å². The summed E-state index contributed by atoms with van der Waals surface area (Å²) < 4.78 is 6.01. The maximum Gasteiger partial charge on any atom is 0.203 e. The van der Waals surface area contributed by atoms with Crippen molar-refractivity contribution in [1.29, 1.82) is 0 Å². The molecule has 0 unspecified atom stereocenters. The summed E-state index contributed by atoms with van der Waals surface area (Å²) in [4.78, 5) is 18.4. The zero-order valence-corrected chi connectivity index (χ0v) is 33.9. The highest BCUT2D eigenvalue weighted by atomic mass is 32.1. The van der Waals surface area contributed by atoms with E-state index in [9.17, 15) is 20.1 Å². The van der Waals surface area contributed by atoms with Gasteiger partial charge in [-0.15, -0.1) is 11.3 Å². The topological polar surface area (TPSA) is 90.2 Å². The van der Waals surface area contributed by atoms with Crippen LogP contribution in [0.1, 0.15) is 101 Å². The molecule has 7 heteroatoms. The van der Waals surface area contributed by atoms with Gasteiger partial charge in [0.05, 0.1) is 35.9 Å². The van der Waals surface area contributed by atoms with Crippen LogP contribution in [0.5, 0.6) is 0 Å². The molecule has 0 amide bonds. The van der Waals surface area contributed by atoms with Crippen LogP contribution >= 0.6 is 11.3 Å². The fourth-order valence-electron chi connectivity index (χ4n) is 9.35. The molecule has 0 spiro atoms. The largest absolute Gasteiger partial charge is 0.393 e. The molecule has 0 radical (unpaired) electrons. The maximum absolute atomic E-state index is 14.4.